The molecule has 14 nitrogen and oxygen atoms in total. The van der Waals surface area contributed by atoms with Crippen LogP contribution in [0.5, 0.6) is 11.5 Å². The number of carbonyl (C=O) groups is 4. The molecule has 1 aliphatic heterocycles. The molecule has 5 unspecified atom stereocenters. The second-order valence-electron chi connectivity index (χ2n) is 14.5. The Morgan fingerprint density at radius 3 is 2.24 bits per heavy atom. The number of tetrazole rings is 1. The van der Waals surface area contributed by atoms with E-state index in [4.69, 9.17) is 9.47 Å². The van der Waals surface area contributed by atoms with Crippen molar-refractivity contribution in [2.45, 2.75) is 83.6 Å². The summed E-state index contributed by atoms with van der Waals surface area (Å²) in [5, 5.41) is 28.4. The standard InChI is InChI=1S/C35H43N7O7/c1-8-22-19-35(22,31(45)46)37-29(43)26-18-23(20-41(26)30(44)27(33(2,3)4)36-32(47)49-34(5,6)7)42-39-28(38-40-42)21-14-16-25(17-15-21)48-24-12-10-9-11-13-24/h8-17,22-23,26-27H,1,18-20H2,2-7H3,(H,36,47)(H,37,43)(H,45,46). The molecule has 1 aliphatic carbocycles. The highest BCUT2D eigenvalue weighted by Crippen LogP contribution is 2.45. The molecular weight excluding hydrogens is 630 g/mol. The van der Waals surface area contributed by atoms with E-state index in [0.29, 0.717) is 22.9 Å². The van der Waals surface area contributed by atoms with Gasteiger partial charge in [0.25, 0.3) is 0 Å². The van der Waals surface area contributed by atoms with Gasteiger partial charge in [-0.15, -0.1) is 16.8 Å². The quantitative estimate of drug-likeness (QED) is 0.262. The maximum absolute atomic E-state index is 14.3. The minimum Gasteiger partial charge on any atom is -0.479 e. The van der Waals surface area contributed by atoms with Crippen LogP contribution in [-0.2, 0) is 19.1 Å². The molecule has 0 spiro atoms. The lowest BCUT2D eigenvalue weighted by atomic mass is 9.85. The average Bonchev–Trinajstić information content (AvgIpc) is 3.33. The molecule has 14 heteroatoms. The van der Waals surface area contributed by atoms with E-state index >= 15 is 0 Å². The van der Waals surface area contributed by atoms with Crippen molar-refractivity contribution < 1.29 is 33.8 Å². The Labute approximate surface area is 284 Å². The second-order valence-corrected chi connectivity index (χ2v) is 14.5. The summed E-state index contributed by atoms with van der Waals surface area (Å²) in [6.45, 7) is 14.2. The number of hydrogen-bond donors (Lipinski definition) is 3. The molecule has 260 valence electrons. The number of benzene rings is 2. The summed E-state index contributed by atoms with van der Waals surface area (Å²) in [4.78, 5) is 55.8. The predicted octanol–water partition coefficient (Wildman–Crippen LogP) is 4.36. The van der Waals surface area contributed by atoms with E-state index in [1.54, 1.807) is 65.8 Å². The Kier molecular flexibility index (Phi) is 9.53. The molecule has 49 heavy (non-hydrogen) atoms. The van der Waals surface area contributed by atoms with Crippen LogP contribution >= 0.6 is 0 Å². The van der Waals surface area contributed by atoms with E-state index < -0.39 is 64.5 Å². The van der Waals surface area contributed by atoms with Gasteiger partial charge >= 0.3 is 12.1 Å². The highest BCUT2D eigenvalue weighted by molar-refractivity contribution is 5.96. The van der Waals surface area contributed by atoms with Gasteiger partial charge in [-0.2, -0.15) is 4.80 Å². The van der Waals surface area contributed by atoms with E-state index in [2.05, 4.69) is 32.6 Å². The molecule has 1 saturated carbocycles. The molecule has 3 aromatic rings. The van der Waals surface area contributed by atoms with Crippen LogP contribution in [0.2, 0.25) is 0 Å². The third-order valence-electron chi connectivity index (χ3n) is 8.51. The van der Waals surface area contributed by atoms with Gasteiger partial charge in [0, 0.05) is 24.4 Å². The van der Waals surface area contributed by atoms with E-state index in [-0.39, 0.29) is 19.4 Å². The number of amides is 3. The number of hydrogen-bond acceptors (Lipinski definition) is 9. The fraction of sp³-hybridized carbons (Fsp3) is 0.457. The molecule has 2 aromatic carbocycles. The van der Waals surface area contributed by atoms with Gasteiger partial charge in [0.05, 0.1) is 6.04 Å². The maximum Gasteiger partial charge on any atom is 0.408 e. The van der Waals surface area contributed by atoms with Gasteiger partial charge in [0.1, 0.15) is 34.7 Å². The smallest absolute Gasteiger partial charge is 0.408 e. The van der Waals surface area contributed by atoms with Crippen LogP contribution in [0.4, 0.5) is 4.79 Å². The number of nitrogens with one attached hydrogen (secondary N) is 2. The lowest BCUT2D eigenvalue weighted by Crippen LogP contribution is -2.59. The van der Waals surface area contributed by atoms with Gasteiger partial charge in [-0.3, -0.25) is 9.59 Å². The first-order chi connectivity index (χ1) is 23.0. The van der Waals surface area contributed by atoms with Gasteiger partial charge in [0.15, 0.2) is 0 Å². The largest absolute Gasteiger partial charge is 0.479 e. The fourth-order valence-electron chi connectivity index (χ4n) is 5.82. The molecular formula is C35H43N7O7. The van der Waals surface area contributed by atoms with Gasteiger partial charge in [-0.1, -0.05) is 45.0 Å². The third kappa shape index (κ3) is 7.90. The van der Waals surface area contributed by atoms with Gasteiger partial charge < -0.3 is 30.1 Å². The molecule has 3 amide bonds. The van der Waals surface area contributed by atoms with Crippen molar-refractivity contribution in [1.29, 1.82) is 0 Å². The van der Waals surface area contributed by atoms with E-state index in [1.165, 1.54) is 15.8 Å². The zero-order chi connectivity index (χ0) is 35.7. The number of para-hydroxylation sites is 1. The third-order valence-corrected chi connectivity index (χ3v) is 8.51. The van der Waals surface area contributed by atoms with Crippen LogP contribution in [0.1, 0.15) is 60.4 Å². The van der Waals surface area contributed by atoms with E-state index in [9.17, 15) is 24.3 Å². The monoisotopic (exact) mass is 673 g/mol. The van der Waals surface area contributed by atoms with Crippen molar-refractivity contribution in [2.24, 2.45) is 11.3 Å². The Bertz CT molecular complexity index is 1710. The highest BCUT2D eigenvalue weighted by atomic mass is 16.6. The van der Waals surface area contributed by atoms with Crippen molar-refractivity contribution >= 4 is 23.9 Å². The van der Waals surface area contributed by atoms with Gasteiger partial charge in [-0.05, 0) is 74.2 Å². The average molecular weight is 674 g/mol. The summed E-state index contributed by atoms with van der Waals surface area (Å²) in [5.41, 5.74) is -2.42. The normalized spacial score (nSPS) is 22.5. The van der Waals surface area contributed by atoms with E-state index in [1.807, 2.05) is 30.3 Å². The Balaban J connectivity index is 1.39. The van der Waals surface area contributed by atoms with Crippen molar-refractivity contribution in [3.05, 3.63) is 67.3 Å². The topological polar surface area (TPSA) is 178 Å². The van der Waals surface area contributed by atoms with Crippen LogP contribution in [0.3, 0.4) is 0 Å². The van der Waals surface area contributed by atoms with E-state index in [0.717, 1.165) is 0 Å². The summed E-state index contributed by atoms with van der Waals surface area (Å²) in [7, 11) is 0. The number of carbonyl (C=O) groups excluding carboxylic acids is 3. The van der Waals surface area contributed by atoms with Gasteiger partial charge in [0.2, 0.25) is 17.6 Å². The second kappa shape index (κ2) is 13.3. The molecule has 1 saturated heterocycles. The van der Waals surface area contributed by atoms with Crippen LogP contribution < -0.4 is 15.4 Å². The first-order valence-corrected chi connectivity index (χ1v) is 16.1. The number of ether oxygens (including phenoxy) is 2. The minimum absolute atomic E-state index is 0.00408. The molecule has 2 aliphatic rings. The zero-order valence-electron chi connectivity index (χ0n) is 28.5. The van der Waals surface area contributed by atoms with Crippen molar-refractivity contribution in [1.82, 2.24) is 35.7 Å². The van der Waals surface area contributed by atoms with Crippen molar-refractivity contribution in [2.75, 3.05) is 6.54 Å². The lowest BCUT2D eigenvalue weighted by molar-refractivity contribution is -0.146. The number of carboxylic acids is 1. The number of likely N-dealkylation sites (tertiary alicyclic amines) is 1. The number of aliphatic carboxylic acids is 1. The Hall–Kier alpha value is -5.27. The molecule has 1 aromatic heterocycles. The molecule has 0 radical (unpaired) electrons. The number of carboxylic acid groups (broad SMARTS) is 1. The Morgan fingerprint density at radius 1 is 1.02 bits per heavy atom. The molecule has 5 atom stereocenters. The predicted molar refractivity (Wildman–Crippen MR) is 178 cm³/mol. The Morgan fingerprint density at radius 2 is 1.67 bits per heavy atom. The summed E-state index contributed by atoms with van der Waals surface area (Å²) < 4.78 is 11.3. The summed E-state index contributed by atoms with van der Waals surface area (Å²) in [5.74, 6) is -1.15. The van der Waals surface area contributed by atoms with Crippen LogP contribution in [0.25, 0.3) is 11.4 Å². The minimum atomic E-state index is -1.50. The molecule has 2 heterocycles. The van der Waals surface area contributed by atoms with Gasteiger partial charge in [-0.25, -0.2) is 9.59 Å². The highest BCUT2D eigenvalue weighted by Gasteiger charge is 2.61. The molecule has 3 N–H and O–H groups in total. The molecule has 2 fully saturated rings. The SMILES string of the molecule is C=CC1CC1(NC(=O)C1CC(n2nnc(-c3ccc(Oc4ccccc4)cc3)n2)CN1C(=O)C(NC(=O)OC(C)(C)C)C(C)(C)C)C(=O)O. The van der Waals surface area contributed by atoms with Crippen molar-refractivity contribution in [3.8, 4) is 22.9 Å². The van der Waals surface area contributed by atoms with Crippen LogP contribution in [0.15, 0.2) is 67.3 Å². The summed E-state index contributed by atoms with van der Waals surface area (Å²) >= 11 is 0. The first kappa shape index (κ1) is 35.0. The number of rotatable bonds is 10. The molecule has 5 rings (SSSR count). The first-order valence-electron chi connectivity index (χ1n) is 16.1. The summed E-state index contributed by atoms with van der Waals surface area (Å²) in [6, 6.07) is 13.8. The van der Waals surface area contributed by atoms with Crippen LogP contribution in [0, 0.1) is 11.3 Å². The van der Waals surface area contributed by atoms with Crippen molar-refractivity contribution in [3.63, 3.8) is 0 Å². The molecule has 0 bridgehead atoms. The van der Waals surface area contributed by atoms with Crippen LogP contribution in [-0.4, -0.2) is 83.9 Å². The number of aromatic nitrogens is 4. The lowest BCUT2D eigenvalue weighted by Gasteiger charge is -2.36. The fourth-order valence-corrected chi connectivity index (χ4v) is 5.82. The maximum atomic E-state index is 14.3. The number of alkyl carbamates (subject to hydrolysis) is 1. The zero-order valence-corrected chi connectivity index (χ0v) is 28.5. The summed E-state index contributed by atoms with van der Waals surface area (Å²) in [6.07, 6.45) is 0.984. The number of nitrogens with zero attached hydrogens (tertiary/aromatic N) is 5.